The zero-order chi connectivity index (χ0) is 15.6. The van der Waals surface area contributed by atoms with E-state index < -0.39 is 0 Å². The lowest BCUT2D eigenvalue weighted by Gasteiger charge is -2.04. The summed E-state index contributed by atoms with van der Waals surface area (Å²) in [6.07, 6.45) is 13.4. The first-order valence-electron chi connectivity index (χ1n) is 6.65. The summed E-state index contributed by atoms with van der Waals surface area (Å²) in [7, 11) is 0. The molecular formula is C20H27-. The molecule has 0 amide bonds. The quantitative estimate of drug-likeness (QED) is 0.385. The van der Waals surface area contributed by atoms with Crippen molar-refractivity contribution in [2.24, 2.45) is 0 Å². The van der Waals surface area contributed by atoms with Crippen molar-refractivity contribution in [3.8, 4) is 0 Å². The van der Waals surface area contributed by atoms with E-state index in [4.69, 9.17) is 0 Å². The summed E-state index contributed by atoms with van der Waals surface area (Å²) >= 11 is 0. The van der Waals surface area contributed by atoms with Crippen LogP contribution in [0.5, 0.6) is 0 Å². The van der Waals surface area contributed by atoms with Gasteiger partial charge in [-0.2, -0.15) is 12.2 Å². The summed E-state index contributed by atoms with van der Waals surface area (Å²) in [5.41, 5.74) is 2.39. The van der Waals surface area contributed by atoms with E-state index in [1.165, 1.54) is 5.56 Å². The second kappa shape index (κ2) is 16.8. The van der Waals surface area contributed by atoms with Gasteiger partial charge < -0.3 is 0 Å². The normalized spacial score (nSPS) is 10.2. The number of aryl methyl sites for hydroxylation is 1. The molecule has 0 radical (unpaired) electrons. The number of rotatable bonds is 0. The Morgan fingerprint density at radius 3 is 1.65 bits per heavy atom. The second-order valence-electron chi connectivity index (χ2n) is 3.96. The third-order valence-corrected chi connectivity index (χ3v) is 1.78. The smallest absolute Gasteiger partial charge is 0.0398 e. The van der Waals surface area contributed by atoms with Crippen molar-refractivity contribution < 1.29 is 0 Å². The van der Waals surface area contributed by atoms with E-state index in [2.05, 4.69) is 38.8 Å². The number of benzene rings is 1. The van der Waals surface area contributed by atoms with Crippen LogP contribution >= 0.6 is 0 Å². The van der Waals surface area contributed by atoms with E-state index >= 15 is 0 Å². The average Bonchev–Trinajstić information content (AvgIpc) is 2.43. The largest absolute Gasteiger partial charge is 0.171 e. The molecule has 108 valence electrons. The van der Waals surface area contributed by atoms with Crippen molar-refractivity contribution in [2.45, 2.75) is 20.8 Å². The summed E-state index contributed by atoms with van der Waals surface area (Å²) in [6.45, 7) is 16.3. The molecule has 0 unspecified atom stereocenters. The summed E-state index contributed by atoms with van der Waals surface area (Å²) in [6, 6.07) is 10.3. The van der Waals surface area contributed by atoms with Gasteiger partial charge in [0.2, 0.25) is 0 Å². The molecule has 0 aliphatic heterocycles. The Morgan fingerprint density at radius 1 is 0.950 bits per heavy atom. The number of hydrogen-bond donors (Lipinski definition) is 0. The van der Waals surface area contributed by atoms with Gasteiger partial charge >= 0.3 is 0 Å². The minimum atomic E-state index is 1.07. The number of hydrogen-bond acceptors (Lipinski definition) is 0. The standard InChI is InChI=1S/C7H8.C7H7.2C3H6/c2*1-7-5-3-2-4-6-7;2*1-3-2/h2-6H,1H3;2-6H,1H2;2*3H,1H2,2H3/q;-1;;. The van der Waals surface area contributed by atoms with Gasteiger partial charge in [-0.25, -0.2) is 0 Å². The Hall–Kier alpha value is -2.21. The molecule has 0 N–H and O–H groups in total. The van der Waals surface area contributed by atoms with E-state index in [1.54, 1.807) is 12.2 Å². The Balaban J connectivity index is 0. The summed E-state index contributed by atoms with van der Waals surface area (Å²) in [4.78, 5) is 0. The molecule has 0 bridgehead atoms. The third kappa shape index (κ3) is 18.2. The maximum absolute atomic E-state index is 3.72. The van der Waals surface area contributed by atoms with Crippen molar-refractivity contribution in [3.63, 3.8) is 0 Å². The predicted octanol–water partition coefficient (Wildman–Crippen LogP) is 6.25. The van der Waals surface area contributed by atoms with E-state index in [0.29, 0.717) is 0 Å². The van der Waals surface area contributed by atoms with Crippen LogP contribution in [0.4, 0.5) is 0 Å². The van der Waals surface area contributed by atoms with E-state index in [1.807, 2.05) is 62.8 Å². The highest BCUT2D eigenvalue weighted by Gasteiger charge is 1.75. The third-order valence-electron chi connectivity index (χ3n) is 1.78. The van der Waals surface area contributed by atoms with Crippen molar-refractivity contribution in [3.05, 3.63) is 104 Å². The highest BCUT2D eigenvalue weighted by molar-refractivity contribution is 5.36. The fourth-order valence-electron chi connectivity index (χ4n) is 1.01. The Labute approximate surface area is 125 Å². The minimum absolute atomic E-state index is 1.07. The van der Waals surface area contributed by atoms with Crippen molar-refractivity contribution in [1.82, 2.24) is 0 Å². The summed E-state index contributed by atoms with van der Waals surface area (Å²) in [5.74, 6) is 0. The fraction of sp³-hybridized carbons (Fsp3) is 0.150. The lowest BCUT2D eigenvalue weighted by Crippen LogP contribution is -1.75. The zero-order valence-corrected chi connectivity index (χ0v) is 13.0. The molecule has 0 aromatic heterocycles. The highest BCUT2D eigenvalue weighted by atomic mass is 13.9. The van der Waals surface area contributed by atoms with Crippen LogP contribution in [-0.2, 0) is 0 Å². The molecule has 0 spiro atoms. The minimum Gasteiger partial charge on any atom is -0.171 e. The van der Waals surface area contributed by atoms with Crippen LogP contribution in [0.15, 0.2) is 92.1 Å². The SMILES string of the molecule is C=C1C=CC=C[CH-]1.C=CC.C=CC.Cc1ccccc1. The molecule has 2 rings (SSSR count). The molecule has 1 aromatic rings. The van der Waals surface area contributed by atoms with Crippen molar-refractivity contribution in [2.75, 3.05) is 0 Å². The van der Waals surface area contributed by atoms with Gasteiger partial charge in [-0.15, -0.1) is 43.9 Å². The Kier molecular flexibility index (Phi) is 16.9. The molecule has 0 saturated heterocycles. The highest BCUT2D eigenvalue weighted by Crippen LogP contribution is 2.03. The Morgan fingerprint density at radius 2 is 1.45 bits per heavy atom. The molecular weight excluding hydrogens is 240 g/mol. The molecule has 0 fully saturated rings. The molecule has 1 aromatic carbocycles. The fourth-order valence-corrected chi connectivity index (χ4v) is 1.01. The molecule has 0 saturated carbocycles. The van der Waals surface area contributed by atoms with Crippen LogP contribution in [0.3, 0.4) is 0 Å². The first kappa shape index (κ1) is 20.1. The summed E-state index contributed by atoms with van der Waals surface area (Å²) in [5, 5.41) is 0. The van der Waals surface area contributed by atoms with Gasteiger partial charge in [0.05, 0.1) is 0 Å². The van der Waals surface area contributed by atoms with Gasteiger partial charge in [0.1, 0.15) is 0 Å². The van der Waals surface area contributed by atoms with Crippen LogP contribution < -0.4 is 0 Å². The van der Waals surface area contributed by atoms with Crippen LogP contribution in [0.25, 0.3) is 0 Å². The monoisotopic (exact) mass is 267 g/mol. The Bertz CT molecular complexity index is 399. The van der Waals surface area contributed by atoms with Crippen LogP contribution in [0.1, 0.15) is 19.4 Å². The molecule has 0 heteroatoms. The second-order valence-corrected chi connectivity index (χ2v) is 3.96. The number of allylic oxidation sites excluding steroid dienone is 7. The van der Waals surface area contributed by atoms with Crippen LogP contribution in [0, 0.1) is 13.3 Å². The van der Waals surface area contributed by atoms with E-state index in [9.17, 15) is 0 Å². The molecule has 0 nitrogen and oxygen atoms in total. The van der Waals surface area contributed by atoms with Gasteiger partial charge in [0.15, 0.2) is 0 Å². The lowest BCUT2D eigenvalue weighted by molar-refractivity contribution is 1.48. The maximum Gasteiger partial charge on any atom is -0.0398 e. The first-order valence-corrected chi connectivity index (χ1v) is 6.65. The van der Waals surface area contributed by atoms with Crippen LogP contribution in [-0.4, -0.2) is 0 Å². The molecule has 1 aliphatic rings. The first-order chi connectivity index (χ1) is 9.62. The molecule has 0 heterocycles. The lowest BCUT2D eigenvalue weighted by atomic mass is 10.1. The van der Waals surface area contributed by atoms with Gasteiger partial charge in [0, 0.05) is 0 Å². The van der Waals surface area contributed by atoms with Crippen molar-refractivity contribution >= 4 is 0 Å². The predicted molar refractivity (Wildman–Crippen MR) is 94.6 cm³/mol. The molecule has 1 aliphatic carbocycles. The average molecular weight is 267 g/mol. The molecule has 20 heavy (non-hydrogen) atoms. The molecule has 0 atom stereocenters. The van der Waals surface area contributed by atoms with Gasteiger partial charge in [-0.1, -0.05) is 48.0 Å². The summed E-state index contributed by atoms with van der Waals surface area (Å²) < 4.78 is 0. The van der Waals surface area contributed by atoms with Crippen LogP contribution in [0.2, 0.25) is 0 Å². The van der Waals surface area contributed by atoms with Gasteiger partial charge in [-0.05, 0) is 20.8 Å². The van der Waals surface area contributed by atoms with E-state index in [0.717, 1.165) is 5.57 Å². The maximum atomic E-state index is 3.72. The topological polar surface area (TPSA) is 0 Å². The van der Waals surface area contributed by atoms with Gasteiger partial charge in [-0.3, -0.25) is 0 Å². The van der Waals surface area contributed by atoms with Crippen molar-refractivity contribution in [1.29, 1.82) is 0 Å². The zero-order valence-electron chi connectivity index (χ0n) is 13.0. The van der Waals surface area contributed by atoms with Gasteiger partial charge in [0.25, 0.3) is 0 Å². The van der Waals surface area contributed by atoms with E-state index in [-0.39, 0.29) is 0 Å².